The number of nitrogens with one attached hydrogen (secondary N) is 1. The van der Waals surface area contributed by atoms with Gasteiger partial charge in [-0.2, -0.15) is 0 Å². The van der Waals surface area contributed by atoms with Crippen LogP contribution in [0.2, 0.25) is 0 Å². The predicted octanol–water partition coefficient (Wildman–Crippen LogP) is 2.09. The van der Waals surface area contributed by atoms with Crippen LogP contribution in [0.1, 0.15) is 20.3 Å². The van der Waals surface area contributed by atoms with E-state index in [0.29, 0.717) is 6.42 Å². The molecule has 0 spiro atoms. The number of amides is 3. The van der Waals surface area contributed by atoms with Gasteiger partial charge in [0, 0.05) is 57.9 Å². The maximum atomic E-state index is 12.3. The van der Waals surface area contributed by atoms with Crippen LogP contribution in [0.25, 0.3) is 0 Å². The SMILES string of the molecule is CCN(CC)C(=O)N1CCN(CCC(=O)Nc2ccccc2)CC1. The van der Waals surface area contributed by atoms with E-state index < -0.39 is 0 Å². The summed E-state index contributed by atoms with van der Waals surface area (Å²) in [6.45, 7) is 9.34. The molecule has 0 atom stereocenters. The molecule has 0 saturated carbocycles. The highest BCUT2D eigenvalue weighted by atomic mass is 16.2. The lowest BCUT2D eigenvalue weighted by atomic mass is 10.2. The molecule has 132 valence electrons. The molecular weight excluding hydrogens is 304 g/mol. The first kappa shape index (κ1) is 18.3. The van der Waals surface area contributed by atoms with Gasteiger partial charge in [-0.05, 0) is 26.0 Å². The highest BCUT2D eigenvalue weighted by Crippen LogP contribution is 2.08. The summed E-state index contributed by atoms with van der Waals surface area (Å²) in [4.78, 5) is 30.3. The monoisotopic (exact) mass is 332 g/mol. The maximum absolute atomic E-state index is 12.3. The van der Waals surface area contributed by atoms with Crippen molar-refractivity contribution in [1.29, 1.82) is 0 Å². The van der Waals surface area contributed by atoms with E-state index >= 15 is 0 Å². The van der Waals surface area contributed by atoms with E-state index in [0.717, 1.165) is 51.5 Å². The minimum absolute atomic E-state index is 0.0304. The number of anilines is 1. The van der Waals surface area contributed by atoms with Crippen molar-refractivity contribution < 1.29 is 9.59 Å². The molecule has 0 bridgehead atoms. The molecular formula is C18H28N4O2. The Morgan fingerprint density at radius 3 is 2.25 bits per heavy atom. The van der Waals surface area contributed by atoms with Gasteiger partial charge in [-0.25, -0.2) is 4.79 Å². The average molecular weight is 332 g/mol. The van der Waals surface area contributed by atoms with Crippen molar-refractivity contribution in [3.63, 3.8) is 0 Å². The third-order valence-corrected chi connectivity index (χ3v) is 4.39. The van der Waals surface area contributed by atoms with Gasteiger partial charge in [-0.3, -0.25) is 9.69 Å². The van der Waals surface area contributed by atoms with Gasteiger partial charge in [-0.15, -0.1) is 0 Å². The number of nitrogens with zero attached hydrogens (tertiary/aromatic N) is 3. The molecule has 1 aliphatic heterocycles. The molecule has 1 aliphatic rings. The van der Waals surface area contributed by atoms with Gasteiger partial charge in [0.2, 0.25) is 5.91 Å². The number of hydrogen-bond donors (Lipinski definition) is 1. The Kier molecular flexibility index (Phi) is 7.06. The minimum Gasteiger partial charge on any atom is -0.326 e. The third kappa shape index (κ3) is 5.23. The lowest BCUT2D eigenvalue weighted by Gasteiger charge is -2.37. The summed E-state index contributed by atoms with van der Waals surface area (Å²) in [6.07, 6.45) is 0.471. The van der Waals surface area contributed by atoms with Crippen LogP contribution >= 0.6 is 0 Å². The van der Waals surface area contributed by atoms with E-state index in [1.54, 1.807) is 0 Å². The fourth-order valence-corrected chi connectivity index (χ4v) is 2.86. The molecule has 24 heavy (non-hydrogen) atoms. The molecule has 1 saturated heterocycles. The zero-order valence-electron chi connectivity index (χ0n) is 14.7. The number of urea groups is 1. The van der Waals surface area contributed by atoms with Crippen LogP contribution in [0.5, 0.6) is 0 Å². The van der Waals surface area contributed by atoms with Crippen molar-refractivity contribution >= 4 is 17.6 Å². The smallest absolute Gasteiger partial charge is 0.320 e. The molecule has 2 rings (SSSR count). The molecule has 1 fully saturated rings. The van der Waals surface area contributed by atoms with E-state index in [9.17, 15) is 9.59 Å². The minimum atomic E-state index is 0.0304. The predicted molar refractivity (Wildman–Crippen MR) is 96.0 cm³/mol. The first-order chi connectivity index (χ1) is 11.6. The summed E-state index contributed by atoms with van der Waals surface area (Å²) < 4.78 is 0. The largest absolute Gasteiger partial charge is 0.326 e. The number of carbonyl (C=O) groups is 2. The van der Waals surface area contributed by atoms with E-state index in [1.165, 1.54) is 0 Å². The second kappa shape index (κ2) is 9.27. The highest BCUT2D eigenvalue weighted by molar-refractivity contribution is 5.90. The molecule has 1 N–H and O–H groups in total. The standard InChI is InChI=1S/C18H28N4O2/c1-3-21(4-2)18(24)22-14-12-20(13-15-22)11-10-17(23)19-16-8-6-5-7-9-16/h5-9H,3-4,10-15H2,1-2H3,(H,19,23). The van der Waals surface area contributed by atoms with Gasteiger partial charge in [0.05, 0.1) is 0 Å². The second-order valence-electron chi connectivity index (χ2n) is 5.95. The lowest BCUT2D eigenvalue weighted by Crippen LogP contribution is -2.53. The van der Waals surface area contributed by atoms with Gasteiger partial charge in [-0.1, -0.05) is 18.2 Å². The van der Waals surface area contributed by atoms with Crippen LogP contribution in [0, 0.1) is 0 Å². The van der Waals surface area contributed by atoms with Crippen molar-refractivity contribution in [3.8, 4) is 0 Å². The Balaban J connectivity index is 1.69. The summed E-state index contributed by atoms with van der Waals surface area (Å²) in [5.41, 5.74) is 0.831. The molecule has 1 aromatic rings. The van der Waals surface area contributed by atoms with Gasteiger partial charge in [0.15, 0.2) is 0 Å². The average Bonchev–Trinajstić information content (AvgIpc) is 2.62. The lowest BCUT2D eigenvalue weighted by molar-refractivity contribution is -0.116. The maximum Gasteiger partial charge on any atom is 0.320 e. The molecule has 0 aliphatic carbocycles. The Labute approximate surface area is 144 Å². The molecule has 6 nitrogen and oxygen atoms in total. The molecule has 1 heterocycles. The first-order valence-corrected chi connectivity index (χ1v) is 8.75. The Bertz CT molecular complexity index is 523. The third-order valence-electron chi connectivity index (χ3n) is 4.39. The van der Waals surface area contributed by atoms with E-state index in [4.69, 9.17) is 0 Å². The van der Waals surface area contributed by atoms with Crippen LogP contribution < -0.4 is 5.32 Å². The van der Waals surface area contributed by atoms with Gasteiger partial charge < -0.3 is 15.1 Å². The van der Waals surface area contributed by atoms with Crippen molar-refractivity contribution in [2.75, 3.05) is 51.1 Å². The fourth-order valence-electron chi connectivity index (χ4n) is 2.86. The van der Waals surface area contributed by atoms with Crippen molar-refractivity contribution in [3.05, 3.63) is 30.3 Å². The van der Waals surface area contributed by atoms with Crippen LogP contribution in [0.4, 0.5) is 10.5 Å². The topological polar surface area (TPSA) is 55.9 Å². The zero-order valence-corrected chi connectivity index (χ0v) is 14.7. The van der Waals surface area contributed by atoms with Crippen molar-refractivity contribution in [2.24, 2.45) is 0 Å². The number of para-hydroxylation sites is 1. The van der Waals surface area contributed by atoms with E-state index in [-0.39, 0.29) is 11.9 Å². The second-order valence-corrected chi connectivity index (χ2v) is 5.95. The summed E-state index contributed by atoms with van der Waals surface area (Å²) >= 11 is 0. The van der Waals surface area contributed by atoms with Crippen LogP contribution in [0.3, 0.4) is 0 Å². The summed E-state index contributed by atoms with van der Waals surface area (Å²) in [5.74, 6) is 0.0304. The molecule has 0 aromatic heterocycles. The fraction of sp³-hybridized carbons (Fsp3) is 0.556. The molecule has 6 heteroatoms. The van der Waals surface area contributed by atoms with Crippen LogP contribution in [0.15, 0.2) is 30.3 Å². The summed E-state index contributed by atoms with van der Waals surface area (Å²) in [5, 5.41) is 2.90. The number of rotatable bonds is 6. The number of hydrogen-bond acceptors (Lipinski definition) is 3. The zero-order chi connectivity index (χ0) is 17.4. The van der Waals surface area contributed by atoms with Gasteiger partial charge in [0.25, 0.3) is 0 Å². The van der Waals surface area contributed by atoms with E-state index in [2.05, 4.69) is 10.2 Å². The normalized spacial score (nSPS) is 15.2. The summed E-state index contributed by atoms with van der Waals surface area (Å²) in [7, 11) is 0. The van der Waals surface area contributed by atoms with Gasteiger partial charge in [0.1, 0.15) is 0 Å². The number of piperazine rings is 1. The number of benzene rings is 1. The van der Waals surface area contributed by atoms with Gasteiger partial charge >= 0.3 is 6.03 Å². The van der Waals surface area contributed by atoms with Crippen LogP contribution in [-0.2, 0) is 4.79 Å². The molecule has 3 amide bonds. The molecule has 1 aromatic carbocycles. The first-order valence-electron chi connectivity index (χ1n) is 8.75. The van der Waals surface area contributed by atoms with E-state index in [1.807, 2.05) is 54.0 Å². The summed E-state index contributed by atoms with van der Waals surface area (Å²) in [6, 6.07) is 9.63. The highest BCUT2D eigenvalue weighted by Gasteiger charge is 2.23. The Morgan fingerprint density at radius 1 is 1.04 bits per heavy atom. The molecule has 0 radical (unpaired) electrons. The van der Waals surface area contributed by atoms with Crippen molar-refractivity contribution in [2.45, 2.75) is 20.3 Å². The molecule has 0 unspecified atom stereocenters. The van der Waals surface area contributed by atoms with Crippen molar-refractivity contribution in [1.82, 2.24) is 14.7 Å². The number of carbonyl (C=O) groups excluding carboxylic acids is 2. The Morgan fingerprint density at radius 2 is 1.67 bits per heavy atom. The Hall–Kier alpha value is -2.08. The quantitative estimate of drug-likeness (QED) is 0.868. The van der Waals surface area contributed by atoms with Crippen LogP contribution in [-0.4, -0.2) is 72.5 Å².